The molecule has 0 radical (unpaired) electrons. The molecule has 98 valence electrons. The van der Waals surface area contributed by atoms with Crippen molar-refractivity contribution in [2.24, 2.45) is 5.41 Å². The zero-order chi connectivity index (χ0) is 13.8. The van der Waals surface area contributed by atoms with E-state index in [1.807, 2.05) is 37.3 Å². The third-order valence-corrected chi connectivity index (χ3v) is 2.95. The standard InChI is InChI=1S/C14H16F3N/c1-11-3-5-12(6-4-11)9-13(2,10-18)7-8-14(15,16)17/h3-6H,7-9H2,1-2H3. The van der Waals surface area contributed by atoms with Crippen LogP contribution in [0.25, 0.3) is 0 Å². The van der Waals surface area contributed by atoms with Gasteiger partial charge in [-0.05, 0) is 32.3 Å². The molecule has 18 heavy (non-hydrogen) atoms. The zero-order valence-corrected chi connectivity index (χ0v) is 10.5. The van der Waals surface area contributed by atoms with E-state index in [0.717, 1.165) is 11.1 Å². The summed E-state index contributed by atoms with van der Waals surface area (Å²) in [5, 5.41) is 9.08. The summed E-state index contributed by atoms with van der Waals surface area (Å²) >= 11 is 0. The molecule has 1 atom stereocenters. The largest absolute Gasteiger partial charge is 0.389 e. The van der Waals surface area contributed by atoms with Crippen molar-refractivity contribution in [3.63, 3.8) is 0 Å². The first-order chi connectivity index (χ1) is 8.24. The normalized spacial score (nSPS) is 14.9. The molecule has 0 aliphatic carbocycles. The fourth-order valence-corrected chi connectivity index (χ4v) is 1.76. The Morgan fingerprint density at radius 2 is 1.67 bits per heavy atom. The second-order valence-electron chi connectivity index (χ2n) is 4.95. The molecule has 0 amide bonds. The molecule has 0 aliphatic heterocycles. The maximum absolute atomic E-state index is 12.2. The summed E-state index contributed by atoms with van der Waals surface area (Å²) in [6.07, 6.45) is -4.94. The lowest BCUT2D eigenvalue weighted by molar-refractivity contribution is -0.138. The molecule has 0 heterocycles. The number of hydrogen-bond donors (Lipinski definition) is 0. The molecule has 0 N–H and O–H groups in total. The van der Waals surface area contributed by atoms with Crippen molar-refractivity contribution < 1.29 is 13.2 Å². The number of benzene rings is 1. The van der Waals surface area contributed by atoms with Crippen LogP contribution in [0.3, 0.4) is 0 Å². The van der Waals surface area contributed by atoms with Crippen LogP contribution in [0.5, 0.6) is 0 Å². The minimum absolute atomic E-state index is 0.166. The van der Waals surface area contributed by atoms with Gasteiger partial charge in [-0.2, -0.15) is 18.4 Å². The molecule has 0 bridgehead atoms. The monoisotopic (exact) mass is 255 g/mol. The lowest BCUT2D eigenvalue weighted by Gasteiger charge is -2.22. The van der Waals surface area contributed by atoms with Gasteiger partial charge in [0.05, 0.1) is 11.5 Å². The van der Waals surface area contributed by atoms with Crippen LogP contribution in [-0.4, -0.2) is 6.18 Å². The number of halogens is 3. The Morgan fingerprint density at radius 1 is 1.11 bits per heavy atom. The van der Waals surface area contributed by atoms with Gasteiger partial charge in [0, 0.05) is 6.42 Å². The molecular formula is C14H16F3N. The van der Waals surface area contributed by atoms with Gasteiger partial charge in [-0.1, -0.05) is 29.8 Å². The summed E-state index contributed by atoms with van der Waals surface area (Å²) in [7, 11) is 0. The number of alkyl halides is 3. The molecule has 0 fully saturated rings. The Bertz CT molecular complexity index is 428. The predicted molar refractivity (Wildman–Crippen MR) is 63.9 cm³/mol. The highest BCUT2D eigenvalue weighted by molar-refractivity contribution is 5.23. The minimum atomic E-state index is -4.20. The van der Waals surface area contributed by atoms with E-state index >= 15 is 0 Å². The van der Waals surface area contributed by atoms with Crippen molar-refractivity contribution in [3.05, 3.63) is 35.4 Å². The highest BCUT2D eigenvalue weighted by Crippen LogP contribution is 2.33. The fourth-order valence-electron chi connectivity index (χ4n) is 1.76. The molecule has 0 aliphatic rings. The summed E-state index contributed by atoms with van der Waals surface area (Å²) in [6.45, 7) is 3.52. The maximum atomic E-state index is 12.2. The Kier molecular flexibility index (Phi) is 4.39. The van der Waals surface area contributed by atoms with Crippen LogP contribution in [0, 0.1) is 23.7 Å². The smallest absolute Gasteiger partial charge is 0.198 e. The van der Waals surface area contributed by atoms with Crippen LogP contribution in [-0.2, 0) is 6.42 Å². The number of aryl methyl sites for hydroxylation is 1. The van der Waals surface area contributed by atoms with Gasteiger partial charge in [0.2, 0.25) is 0 Å². The Hall–Kier alpha value is -1.50. The van der Waals surface area contributed by atoms with Gasteiger partial charge < -0.3 is 0 Å². The lowest BCUT2D eigenvalue weighted by Crippen LogP contribution is -2.21. The van der Waals surface area contributed by atoms with Crippen LogP contribution in [0.1, 0.15) is 30.9 Å². The third kappa shape index (κ3) is 4.79. The van der Waals surface area contributed by atoms with E-state index in [9.17, 15) is 13.2 Å². The van der Waals surface area contributed by atoms with E-state index in [1.165, 1.54) is 0 Å². The van der Waals surface area contributed by atoms with Crippen molar-refractivity contribution in [1.29, 1.82) is 5.26 Å². The van der Waals surface area contributed by atoms with E-state index in [0.29, 0.717) is 6.42 Å². The Labute approximate surface area is 105 Å². The summed E-state index contributed by atoms with van der Waals surface area (Å²) in [4.78, 5) is 0. The topological polar surface area (TPSA) is 23.8 Å². The number of nitriles is 1. The number of nitrogens with zero attached hydrogens (tertiary/aromatic N) is 1. The van der Waals surface area contributed by atoms with E-state index in [4.69, 9.17) is 5.26 Å². The first-order valence-electron chi connectivity index (χ1n) is 5.78. The van der Waals surface area contributed by atoms with E-state index in [1.54, 1.807) is 6.92 Å². The molecule has 0 saturated heterocycles. The number of hydrogen-bond acceptors (Lipinski definition) is 1. The quantitative estimate of drug-likeness (QED) is 0.781. The molecule has 4 heteroatoms. The SMILES string of the molecule is Cc1ccc(CC(C)(C#N)CCC(F)(F)F)cc1. The minimum Gasteiger partial charge on any atom is -0.198 e. The van der Waals surface area contributed by atoms with Crippen LogP contribution in [0.15, 0.2) is 24.3 Å². The summed E-state index contributed by atoms with van der Waals surface area (Å²) in [5.41, 5.74) is 1.02. The molecule has 0 aromatic heterocycles. The van der Waals surface area contributed by atoms with Crippen LogP contribution in [0.2, 0.25) is 0 Å². The Balaban J connectivity index is 2.71. The van der Waals surface area contributed by atoms with E-state index < -0.39 is 18.0 Å². The van der Waals surface area contributed by atoms with Gasteiger partial charge in [-0.15, -0.1) is 0 Å². The lowest BCUT2D eigenvalue weighted by atomic mass is 9.81. The summed E-state index contributed by atoms with van der Waals surface area (Å²) in [6, 6.07) is 9.53. The molecule has 1 aromatic carbocycles. The highest BCUT2D eigenvalue weighted by Gasteiger charge is 2.33. The van der Waals surface area contributed by atoms with Gasteiger partial charge >= 0.3 is 6.18 Å². The molecule has 0 saturated carbocycles. The second-order valence-corrected chi connectivity index (χ2v) is 4.95. The molecule has 1 rings (SSSR count). The molecule has 1 unspecified atom stereocenters. The maximum Gasteiger partial charge on any atom is 0.389 e. The first-order valence-corrected chi connectivity index (χ1v) is 5.78. The van der Waals surface area contributed by atoms with Crippen LogP contribution in [0.4, 0.5) is 13.2 Å². The van der Waals surface area contributed by atoms with Crippen molar-refractivity contribution in [2.75, 3.05) is 0 Å². The molecular weight excluding hydrogens is 239 g/mol. The van der Waals surface area contributed by atoms with Gasteiger partial charge in [-0.25, -0.2) is 0 Å². The molecule has 1 aromatic rings. The van der Waals surface area contributed by atoms with Crippen molar-refractivity contribution >= 4 is 0 Å². The van der Waals surface area contributed by atoms with Crippen molar-refractivity contribution in [3.8, 4) is 6.07 Å². The zero-order valence-electron chi connectivity index (χ0n) is 10.5. The molecule has 0 spiro atoms. The highest BCUT2D eigenvalue weighted by atomic mass is 19.4. The van der Waals surface area contributed by atoms with Gasteiger partial charge in [0.25, 0.3) is 0 Å². The first kappa shape index (κ1) is 14.6. The van der Waals surface area contributed by atoms with Crippen LogP contribution >= 0.6 is 0 Å². The summed E-state index contributed by atoms with van der Waals surface area (Å²) in [5.74, 6) is 0. The van der Waals surface area contributed by atoms with Gasteiger partial charge in [0.15, 0.2) is 0 Å². The van der Waals surface area contributed by atoms with E-state index in [2.05, 4.69) is 0 Å². The summed E-state index contributed by atoms with van der Waals surface area (Å²) < 4.78 is 36.6. The average Bonchev–Trinajstić information content (AvgIpc) is 2.29. The van der Waals surface area contributed by atoms with E-state index in [-0.39, 0.29) is 6.42 Å². The third-order valence-electron chi connectivity index (χ3n) is 2.95. The predicted octanol–water partition coefficient (Wildman–Crippen LogP) is 4.41. The second kappa shape index (κ2) is 5.43. The van der Waals surface area contributed by atoms with Crippen LogP contribution < -0.4 is 0 Å². The average molecular weight is 255 g/mol. The molecule has 1 nitrogen and oxygen atoms in total. The van der Waals surface area contributed by atoms with Crippen molar-refractivity contribution in [2.45, 2.75) is 39.3 Å². The number of rotatable bonds is 4. The fraction of sp³-hybridized carbons (Fsp3) is 0.500. The van der Waals surface area contributed by atoms with Crippen molar-refractivity contribution in [1.82, 2.24) is 0 Å². The van der Waals surface area contributed by atoms with Gasteiger partial charge in [0.1, 0.15) is 0 Å². The van der Waals surface area contributed by atoms with Gasteiger partial charge in [-0.3, -0.25) is 0 Å². The Morgan fingerprint density at radius 3 is 2.11 bits per heavy atom.